The summed E-state index contributed by atoms with van der Waals surface area (Å²) in [7, 11) is 0. The van der Waals surface area contributed by atoms with Gasteiger partial charge in [0.15, 0.2) is 0 Å². The van der Waals surface area contributed by atoms with E-state index in [0.717, 1.165) is 42.1 Å². The van der Waals surface area contributed by atoms with E-state index in [9.17, 15) is 0 Å². The number of thiazole rings is 1. The minimum Gasteiger partial charge on any atom is -0.470 e. The Morgan fingerprint density at radius 1 is 1.04 bits per heavy atom. The molecule has 3 heterocycles. The van der Waals surface area contributed by atoms with Crippen LogP contribution in [0.25, 0.3) is 10.2 Å². The Hall–Kier alpha value is -1.98. The Bertz CT molecular complexity index is 763. The molecule has 1 aliphatic rings. The van der Waals surface area contributed by atoms with Gasteiger partial charge in [0.25, 0.3) is 0 Å². The van der Waals surface area contributed by atoms with E-state index in [1.165, 1.54) is 4.70 Å². The zero-order chi connectivity index (χ0) is 15.5. The molecule has 0 radical (unpaired) electrons. The van der Waals surface area contributed by atoms with Gasteiger partial charge in [0.2, 0.25) is 5.88 Å². The lowest BCUT2D eigenvalue weighted by Gasteiger charge is -2.22. The van der Waals surface area contributed by atoms with Gasteiger partial charge in [-0.1, -0.05) is 18.2 Å². The molecule has 5 heteroatoms. The number of hydrogen-bond acceptors (Lipinski definition) is 5. The molecule has 1 aromatic carbocycles. The summed E-state index contributed by atoms with van der Waals surface area (Å²) in [4.78, 5) is 9.29. The second kappa shape index (κ2) is 6.64. The molecule has 2 aromatic heterocycles. The minimum atomic E-state index is 0.474. The van der Waals surface area contributed by atoms with Gasteiger partial charge >= 0.3 is 0 Å². The number of nitrogens with zero attached hydrogens (tertiary/aromatic N) is 2. The summed E-state index contributed by atoms with van der Waals surface area (Å²) in [5.74, 6) is 1.24. The van der Waals surface area contributed by atoms with Crippen LogP contribution in [0, 0.1) is 0 Å². The Labute approximate surface area is 139 Å². The minimum absolute atomic E-state index is 0.474. The van der Waals surface area contributed by atoms with E-state index in [-0.39, 0.29) is 0 Å². The fraction of sp³-hybridized carbons (Fsp3) is 0.333. The number of pyridine rings is 1. The molecule has 0 atom stereocenters. The Morgan fingerprint density at radius 2 is 1.91 bits per heavy atom. The molecule has 0 saturated carbocycles. The maximum atomic E-state index is 5.87. The van der Waals surface area contributed by atoms with E-state index in [1.807, 2.05) is 30.3 Å². The quantitative estimate of drug-likeness (QED) is 0.794. The zero-order valence-electron chi connectivity index (χ0n) is 12.9. The number of hydrogen-bond donors (Lipinski definition) is 1. The Balaban J connectivity index is 1.46. The van der Waals surface area contributed by atoms with Crippen LogP contribution in [0.4, 0.5) is 0 Å². The molecule has 1 aliphatic heterocycles. The zero-order valence-corrected chi connectivity index (χ0v) is 13.7. The van der Waals surface area contributed by atoms with Crippen molar-refractivity contribution < 1.29 is 4.74 Å². The molecular formula is C18H19N3OS. The van der Waals surface area contributed by atoms with Crippen LogP contribution >= 0.6 is 11.3 Å². The van der Waals surface area contributed by atoms with Gasteiger partial charge in [-0.05, 0) is 44.1 Å². The first-order valence-electron chi connectivity index (χ1n) is 8.03. The molecule has 0 amide bonds. The van der Waals surface area contributed by atoms with E-state index in [0.29, 0.717) is 18.4 Å². The van der Waals surface area contributed by atoms with Crippen molar-refractivity contribution in [1.82, 2.24) is 15.3 Å². The summed E-state index contributed by atoms with van der Waals surface area (Å²) in [6, 6.07) is 14.3. The van der Waals surface area contributed by atoms with Crippen molar-refractivity contribution in [2.45, 2.75) is 25.4 Å². The summed E-state index contributed by atoms with van der Waals surface area (Å²) in [6.07, 6.45) is 2.29. The standard InChI is InChI=1S/C18H19N3OS/c1-2-6-16-15(4-1)21-18(23-16)12-22-17-7-3-5-14(20-17)13-8-10-19-11-9-13/h1-7,13,19H,8-12H2. The number of fused-ring (bicyclic) bond motifs is 1. The predicted molar refractivity (Wildman–Crippen MR) is 93.0 cm³/mol. The van der Waals surface area contributed by atoms with E-state index in [4.69, 9.17) is 9.72 Å². The van der Waals surface area contributed by atoms with Gasteiger partial charge in [-0.3, -0.25) is 0 Å². The summed E-state index contributed by atoms with van der Waals surface area (Å²) < 4.78 is 7.07. The van der Waals surface area contributed by atoms with Gasteiger partial charge in [0.05, 0.1) is 10.2 Å². The second-order valence-corrected chi connectivity index (χ2v) is 6.90. The summed E-state index contributed by atoms with van der Waals surface area (Å²) in [5.41, 5.74) is 2.18. The molecule has 1 fully saturated rings. The molecule has 4 rings (SSSR count). The average molecular weight is 325 g/mol. The predicted octanol–water partition coefficient (Wildman–Crippen LogP) is 3.74. The highest BCUT2D eigenvalue weighted by atomic mass is 32.1. The third-order valence-electron chi connectivity index (χ3n) is 4.18. The number of aromatic nitrogens is 2. The Morgan fingerprint density at radius 3 is 2.78 bits per heavy atom. The van der Waals surface area contributed by atoms with Crippen LogP contribution in [0.15, 0.2) is 42.5 Å². The molecule has 0 bridgehead atoms. The van der Waals surface area contributed by atoms with Crippen LogP contribution in [0.3, 0.4) is 0 Å². The van der Waals surface area contributed by atoms with Gasteiger partial charge in [-0.15, -0.1) is 11.3 Å². The maximum Gasteiger partial charge on any atom is 0.213 e. The van der Waals surface area contributed by atoms with Crippen LogP contribution in [0.2, 0.25) is 0 Å². The molecule has 23 heavy (non-hydrogen) atoms. The van der Waals surface area contributed by atoms with Gasteiger partial charge in [-0.25, -0.2) is 9.97 Å². The maximum absolute atomic E-state index is 5.87. The first kappa shape index (κ1) is 14.6. The van der Waals surface area contributed by atoms with Crippen LogP contribution < -0.4 is 10.1 Å². The van der Waals surface area contributed by atoms with E-state index >= 15 is 0 Å². The molecule has 0 spiro atoms. The van der Waals surface area contributed by atoms with Crippen LogP contribution in [0.5, 0.6) is 5.88 Å². The summed E-state index contributed by atoms with van der Waals surface area (Å²) >= 11 is 1.68. The topological polar surface area (TPSA) is 47.0 Å². The average Bonchev–Trinajstić information content (AvgIpc) is 3.04. The second-order valence-electron chi connectivity index (χ2n) is 5.79. The van der Waals surface area contributed by atoms with Crippen molar-refractivity contribution in [3.63, 3.8) is 0 Å². The van der Waals surface area contributed by atoms with Crippen molar-refractivity contribution >= 4 is 21.6 Å². The van der Waals surface area contributed by atoms with Gasteiger partial charge in [0.1, 0.15) is 11.6 Å². The van der Waals surface area contributed by atoms with Gasteiger partial charge in [-0.2, -0.15) is 0 Å². The van der Waals surface area contributed by atoms with Crippen LogP contribution in [0.1, 0.15) is 29.5 Å². The lowest BCUT2D eigenvalue weighted by molar-refractivity contribution is 0.291. The largest absolute Gasteiger partial charge is 0.470 e. The Kier molecular flexibility index (Phi) is 4.22. The lowest BCUT2D eigenvalue weighted by atomic mass is 9.94. The number of nitrogens with one attached hydrogen (secondary N) is 1. The highest BCUT2D eigenvalue weighted by Crippen LogP contribution is 2.26. The number of rotatable bonds is 4. The van der Waals surface area contributed by atoms with Crippen molar-refractivity contribution in [1.29, 1.82) is 0 Å². The number of para-hydroxylation sites is 1. The fourth-order valence-electron chi connectivity index (χ4n) is 2.97. The molecule has 4 nitrogen and oxygen atoms in total. The van der Waals surface area contributed by atoms with E-state index < -0.39 is 0 Å². The summed E-state index contributed by atoms with van der Waals surface area (Å²) in [6.45, 7) is 2.62. The molecule has 3 aromatic rings. The fourth-order valence-corrected chi connectivity index (χ4v) is 3.85. The SMILES string of the molecule is c1cc(OCc2nc3ccccc3s2)nc(C2CCNCC2)c1. The molecule has 1 saturated heterocycles. The van der Waals surface area contributed by atoms with Crippen molar-refractivity contribution in [2.24, 2.45) is 0 Å². The first-order chi connectivity index (χ1) is 11.4. The summed E-state index contributed by atoms with van der Waals surface area (Å²) in [5, 5.41) is 4.38. The monoisotopic (exact) mass is 325 g/mol. The van der Waals surface area contributed by atoms with E-state index in [1.54, 1.807) is 11.3 Å². The lowest BCUT2D eigenvalue weighted by Crippen LogP contribution is -2.27. The number of benzene rings is 1. The molecule has 0 aliphatic carbocycles. The molecular weight excluding hydrogens is 306 g/mol. The van der Waals surface area contributed by atoms with Gasteiger partial charge < -0.3 is 10.1 Å². The number of piperidine rings is 1. The molecule has 0 unspecified atom stereocenters. The highest BCUT2D eigenvalue weighted by Gasteiger charge is 2.16. The molecule has 118 valence electrons. The smallest absolute Gasteiger partial charge is 0.213 e. The van der Waals surface area contributed by atoms with Gasteiger partial charge in [0, 0.05) is 17.7 Å². The molecule has 1 N–H and O–H groups in total. The van der Waals surface area contributed by atoms with Crippen LogP contribution in [-0.4, -0.2) is 23.1 Å². The van der Waals surface area contributed by atoms with Crippen LogP contribution in [-0.2, 0) is 6.61 Å². The third kappa shape index (κ3) is 3.35. The van der Waals surface area contributed by atoms with Crippen molar-refractivity contribution in [3.05, 3.63) is 53.2 Å². The number of ether oxygens (including phenoxy) is 1. The first-order valence-corrected chi connectivity index (χ1v) is 8.85. The normalized spacial score (nSPS) is 15.8. The van der Waals surface area contributed by atoms with Crippen molar-refractivity contribution in [3.8, 4) is 5.88 Å². The van der Waals surface area contributed by atoms with E-state index in [2.05, 4.69) is 22.4 Å². The third-order valence-corrected chi connectivity index (χ3v) is 5.19. The highest BCUT2D eigenvalue weighted by molar-refractivity contribution is 7.18. The van der Waals surface area contributed by atoms with Crippen molar-refractivity contribution in [2.75, 3.05) is 13.1 Å².